The normalized spacial score (nSPS) is 11.9. The van der Waals surface area contributed by atoms with E-state index in [0.717, 1.165) is 17.3 Å². The average molecular weight is 209 g/mol. The van der Waals surface area contributed by atoms with E-state index in [-0.39, 0.29) is 5.92 Å². The maximum Gasteiger partial charge on any atom is 0.0671 e. The molecule has 3 heteroatoms. The van der Waals surface area contributed by atoms with Gasteiger partial charge in [-0.2, -0.15) is 5.26 Å². The van der Waals surface area contributed by atoms with Gasteiger partial charge in [0.25, 0.3) is 0 Å². The Bertz CT molecular complexity index is 343. The van der Waals surface area contributed by atoms with Crippen LogP contribution in [-0.2, 0) is 0 Å². The van der Waals surface area contributed by atoms with Crippen LogP contribution in [-0.4, -0.2) is 13.6 Å². The van der Waals surface area contributed by atoms with Crippen molar-refractivity contribution < 1.29 is 0 Å². The van der Waals surface area contributed by atoms with Crippen LogP contribution in [0.4, 0.5) is 5.69 Å². The van der Waals surface area contributed by atoms with Crippen LogP contribution < -0.4 is 4.90 Å². The van der Waals surface area contributed by atoms with E-state index in [1.807, 2.05) is 43.1 Å². The van der Waals surface area contributed by atoms with Gasteiger partial charge in [-0.15, -0.1) is 0 Å². The standard InChI is InChI=1S/C11H13ClN2/c1-9(7-13)8-14(2)11-5-3-4-10(12)6-11/h3-6,9H,8H2,1-2H3. The summed E-state index contributed by atoms with van der Waals surface area (Å²) in [6.07, 6.45) is 0. The van der Waals surface area contributed by atoms with Crippen molar-refractivity contribution >= 4 is 17.3 Å². The lowest BCUT2D eigenvalue weighted by Crippen LogP contribution is -2.22. The van der Waals surface area contributed by atoms with E-state index in [1.54, 1.807) is 0 Å². The Morgan fingerprint density at radius 1 is 1.57 bits per heavy atom. The summed E-state index contributed by atoms with van der Waals surface area (Å²) in [5, 5.41) is 9.40. The van der Waals surface area contributed by atoms with E-state index in [9.17, 15) is 0 Å². The summed E-state index contributed by atoms with van der Waals surface area (Å²) < 4.78 is 0. The number of hydrogen-bond acceptors (Lipinski definition) is 2. The Labute approximate surface area is 89.7 Å². The van der Waals surface area contributed by atoms with Gasteiger partial charge in [0.1, 0.15) is 0 Å². The van der Waals surface area contributed by atoms with Crippen LogP contribution in [0, 0.1) is 17.2 Å². The SMILES string of the molecule is CC(C#N)CN(C)c1cccc(Cl)c1. The molecule has 1 aromatic rings. The van der Waals surface area contributed by atoms with Gasteiger partial charge in [0.2, 0.25) is 0 Å². The average Bonchev–Trinajstić information content (AvgIpc) is 2.17. The fraction of sp³-hybridized carbons (Fsp3) is 0.364. The first-order valence-corrected chi connectivity index (χ1v) is 4.87. The van der Waals surface area contributed by atoms with Crippen molar-refractivity contribution in [3.05, 3.63) is 29.3 Å². The summed E-state index contributed by atoms with van der Waals surface area (Å²) in [7, 11) is 1.96. The minimum Gasteiger partial charge on any atom is -0.373 e. The molecule has 0 N–H and O–H groups in total. The molecule has 0 aliphatic rings. The van der Waals surface area contributed by atoms with Crippen LogP contribution in [0.25, 0.3) is 0 Å². The van der Waals surface area contributed by atoms with Crippen molar-refractivity contribution in [1.29, 1.82) is 5.26 Å². The van der Waals surface area contributed by atoms with Gasteiger partial charge >= 0.3 is 0 Å². The fourth-order valence-corrected chi connectivity index (χ4v) is 1.46. The number of nitrogens with zero attached hydrogens (tertiary/aromatic N) is 2. The Morgan fingerprint density at radius 2 is 2.29 bits per heavy atom. The van der Waals surface area contributed by atoms with E-state index in [2.05, 4.69) is 6.07 Å². The van der Waals surface area contributed by atoms with Crippen molar-refractivity contribution in [3.63, 3.8) is 0 Å². The van der Waals surface area contributed by atoms with Crippen LogP contribution >= 0.6 is 11.6 Å². The minimum absolute atomic E-state index is 0.0268. The highest BCUT2D eigenvalue weighted by Crippen LogP contribution is 2.18. The summed E-state index contributed by atoms with van der Waals surface area (Å²) in [6, 6.07) is 9.83. The van der Waals surface area contributed by atoms with Gasteiger partial charge < -0.3 is 4.90 Å². The van der Waals surface area contributed by atoms with E-state index < -0.39 is 0 Å². The topological polar surface area (TPSA) is 27.0 Å². The molecule has 1 aromatic carbocycles. The Balaban J connectivity index is 2.70. The smallest absolute Gasteiger partial charge is 0.0671 e. The summed E-state index contributed by atoms with van der Waals surface area (Å²) in [5.74, 6) is 0.0268. The van der Waals surface area contributed by atoms with Crippen molar-refractivity contribution in [1.82, 2.24) is 0 Å². The van der Waals surface area contributed by atoms with Gasteiger partial charge in [-0.1, -0.05) is 17.7 Å². The van der Waals surface area contributed by atoms with Crippen LogP contribution in [0.1, 0.15) is 6.92 Å². The van der Waals surface area contributed by atoms with Crippen molar-refractivity contribution in [2.24, 2.45) is 5.92 Å². The molecule has 0 saturated carbocycles. The number of halogens is 1. The minimum atomic E-state index is 0.0268. The zero-order chi connectivity index (χ0) is 10.6. The summed E-state index contributed by atoms with van der Waals surface area (Å²) in [4.78, 5) is 2.03. The van der Waals surface area contributed by atoms with Crippen LogP contribution in [0.15, 0.2) is 24.3 Å². The van der Waals surface area contributed by atoms with E-state index in [0.29, 0.717) is 0 Å². The zero-order valence-electron chi connectivity index (χ0n) is 8.37. The van der Waals surface area contributed by atoms with E-state index in [1.165, 1.54) is 0 Å². The molecule has 14 heavy (non-hydrogen) atoms. The van der Waals surface area contributed by atoms with Gasteiger partial charge in [0.05, 0.1) is 12.0 Å². The Morgan fingerprint density at radius 3 is 2.86 bits per heavy atom. The number of benzene rings is 1. The van der Waals surface area contributed by atoms with Gasteiger partial charge in [-0.05, 0) is 25.1 Å². The maximum atomic E-state index is 8.68. The highest BCUT2D eigenvalue weighted by atomic mass is 35.5. The molecule has 1 unspecified atom stereocenters. The van der Waals surface area contributed by atoms with Gasteiger partial charge in [0, 0.05) is 24.3 Å². The highest BCUT2D eigenvalue weighted by Gasteiger charge is 2.05. The monoisotopic (exact) mass is 208 g/mol. The van der Waals surface area contributed by atoms with Crippen molar-refractivity contribution in [2.45, 2.75) is 6.92 Å². The van der Waals surface area contributed by atoms with Crippen LogP contribution in [0.5, 0.6) is 0 Å². The lowest BCUT2D eigenvalue weighted by Gasteiger charge is -2.20. The molecule has 0 aliphatic carbocycles. The molecule has 1 atom stereocenters. The number of nitriles is 1. The Hall–Kier alpha value is -1.20. The summed E-state index contributed by atoms with van der Waals surface area (Å²) >= 11 is 5.87. The lowest BCUT2D eigenvalue weighted by atomic mass is 10.2. The molecule has 0 heterocycles. The second-order valence-electron chi connectivity index (χ2n) is 3.39. The van der Waals surface area contributed by atoms with E-state index >= 15 is 0 Å². The molecule has 0 fully saturated rings. The Kier molecular flexibility index (Phi) is 3.79. The molecule has 0 amide bonds. The zero-order valence-corrected chi connectivity index (χ0v) is 9.12. The van der Waals surface area contributed by atoms with Gasteiger partial charge in [-0.25, -0.2) is 0 Å². The van der Waals surface area contributed by atoms with E-state index in [4.69, 9.17) is 16.9 Å². The molecular formula is C11H13ClN2. The third kappa shape index (κ3) is 2.93. The highest BCUT2D eigenvalue weighted by molar-refractivity contribution is 6.30. The first-order valence-electron chi connectivity index (χ1n) is 4.50. The van der Waals surface area contributed by atoms with Crippen LogP contribution in [0.3, 0.4) is 0 Å². The molecule has 0 aliphatic heterocycles. The quantitative estimate of drug-likeness (QED) is 0.764. The third-order valence-corrected chi connectivity index (χ3v) is 2.25. The predicted molar refractivity (Wildman–Crippen MR) is 59.5 cm³/mol. The predicted octanol–water partition coefficient (Wildman–Crippen LogP) is 2.94. The van der Waals surface area contributed by atoms with Crippen molar-refractivity contribution in [3.8, 4) is 6.07 Å². The number of anilines is 1. The summed E-state index contributed by atoms with van der Waals surface area (Å²) in [6.45, 7) is 2.62. The summed E-state index contributed by atoms with van der Waals surface area (Å²) in [5.41, 5.74) is 1.04. The maximum absolute atomic E-state index is 8.68. The molecule has 0 radical (unpaired) electrons. The first-order chi connectivity index (χ1) is 6.63. The number of hydrogen-bond donors (Lipinski definition) is 0. The molecule has 0 bridgehead atoms. The second-order valence-corrected chi connectivity index (χ2v) is 3.83. The third-order valence-electron chi connectivity index (χ3n) is 2.02. The van der Waals surface area contributed by atoms with Gasteiger partial charge in [-0.3, -0.25) is 0 Å². The number of rotatable bonds is 3. The fourth-order valence-electron chi connectivity index (χ4n) is 1.27. The first kappa shape index (κ1) is 10.9. The molecule has 0 aromatic heterocycles. The molecule has 1 rings (SSSR count). The molecular weight excluding hydrogens is 196 g/mol. The largest absolute Gasteiger partial charge is 0.373 e. The molecule has 0 saturated heterocycles. The van der Waals surface area contributed by atoms with Crippen LogP contribution in [0.2, 0.25) is 5.02 Å². The molecule has 2 nitrogen and oxygen atoms in total. The lowest BCUT2D eigenvalue weighted by molar-refractivity contribution is 0.716. The molecule has 0 spiro atoms. The molecule has 74 valence electrons. The van der Waals surface area contributed by atoms with Crippen molar-refractivity contribution in [2.75, 3.05) is 18.5 Å². The second kappa shape index (κ2) is 4.88. The van der Waals surface area contributed by atoms with Gasteiger partial charge in [0.15, 0.2) is 0 Å².